The molecule has 0 saturated carbocycles. The summed E-state index contributed by atoms with van der Waals surface area (Å²) >= 11 is 7.91. The van der Waals surface area contributed by atoms with Gasteiger partial charge in [-0.2, -0.15) is 0 Å². The van der Waals surface area contributed by atoms with E-state index in [9.17, 15) is 0 Å². The van der Waals surface area contributed by atoms with Gasteiger partial charge in [0.15, 0.2) is 0 Å². The van der Waals surface area contributed by atoms with E-state index >= 15 is 0 Å². The van der Waals surface area contributed by atoms with E-state index in [1.54, 1.807) is 0 Å². The molecule has 2 aromatic carbocycles. The zero-order valence-electron chi connectivity index (χ0n) is 15.2. The number of rotatable bonds is 5. The number of halogens is 1. The second kappa shape index (κ2) is 8.08. The first kappa shape index (κ1) is 18.0. The highest BCUT2D eigenvalue weighted by Crippen LogP contribution is 2.32. The van der Waals surface area contributed by atoms with Crippen LogP contribution in [0, 0.1) is 0 Å². The Morgan fingerprint density at radius 1 is 0.962 bits per heavy atom. The molecule has 0 radical (unpaired) electrons. The van der Waals surface area contributed by atoms with Crippen LogP contribution in [0.25, 0.3) is 10.9 Å². The summed E-state index contributed by atoms with van der Waals surface area (Å²) in [5.74, 6) is 0.982. The van der Waals surface area contributed by atoms with Gasteiger partial charge in [-0.3, -0.25) is 4.90 Å². The minimum absolute atomic E-state index is 0.796. The van der Waals surface area contributed by atoms with Crippen molar-refractivity contribution in [2.45, 2.75) is 36.5 Å². The van der Waals surface area contributed by atoms with Crippen molar-refractivity contribution in [2.24, 2.45) is 7.05 Å². The van der Waals surface area contributed by atoms with Crippen molar-refractivity contribution < 1.29 is 0 Å². The zero-order chi connectivity index (χ0) is 17.9. The highest BCUT2D eigenvalue weighted by molar-refractivity contribution is 7.98. The third kappa shape index (κ3) is 3.80. The minimum atomic E-state index is 0.796. The Hall–Kier alpha value is -1.42. The quantitative estimate of drug-likeness (QED) is 0.490. The first-order valence-corrected chi connectivity index (χ1v) is 10.7. The number of para-hydroxylation sites is 1. The molecular weight excluding hydrogens is 360 g/mol. The van der Waals surface area contributed by atoms with Gasteiger partial charge in [-0.1, -0.05) is 36.2 Å². The molecular formula is C22H25ClN2S. The van der Waals surface area contributed by atoms with Gasteiger partial charge in [-0.05, 0) is 61.8 Å². The molecule has 1 aliphatic heterocycles. The topological polar surface area (TPSA) is 8.17 Å². The van der Waals surface area contributed by atoms with Crippen molar-refractivity contribution in [1.82, 2.24) is 9.47 Å². The van der Waals surface area contributed by atoms with Gasteiger partial charge in [0.05, 0.1) is 0 Å². The molecule has 1 aliphatic rings. The molecule has 26 heavy (non-hydrogen) atoms. The van der Waals surface area contributed by atoms with Gasteiger partial charge in [0.2, 0.25) is 0 Å². The minimum Gasteiger partial charge on any atom is -0.347 e. The number of hydrogen-bond acceptors (Lipinski definition) is 2. The van der Waals surface area contributed by atoms with E-state index in [0.717, 1.165) is 17.3 Å². The molecule has 0 bridgehead atoms. The number of hydrogen-bond donors (Lipinski definition) is 0. The Labute approximate surface area is 165 Å². The van der Waals surface area contributed by atoms with Crippen LogP contribution in [-0.4, -0.2) is 22.6 Å². The van der Waals surface area contributed by atoms with Crippen LogP contribution in [0.1, 0.15) is 30.5 Å². The van der Waals surface area contributed by atoms with Crippen LogP contribution in [0.15, 0.2) is 53.4 Å². The highest BCUT2D eigenvalue weighted by atomic mass is 35.5. The largest absolute Gasteiger partial charge is 0.347 e. The Kier molecular flexibility index (Phi) is 5.58. The molecule has 0 unspecified atom stereocenters. The zero-order valence-corrected chi connectivity index (χ0v) is 16.8. The van der Waals surface area contributed by atoms with Crippen molar-refractivity contribution in [3.63, 3.8) is 0 Å². The van der Waals surface area contributed by atoms with Gasteiger partial charge in [0, 0.05) is 45.9 Å². The molecule has 0 amide bonds. The molecule has 0 aliphatic carbocycles. The Bertz CT molecular complexity index is 879. The predicted octanol–water partition coefficient (Wildman–Crippen LogP) is 6.11. The van der Waals surface area contributed by atoms with Gasteiger partial charge in [-0.25, -0.2) is 0 Å². The Morgan fingerprint density at radius 2 is 1.69 bits per heavy atom. The SMILES string of the molecule is Cn1c(CSc2ccc(Cl)cc2)c(CN2CCCCC2)c2ccccc21. The molecule has 2 heterocycles. The van der Waals surface area contributed by atoms with E-state index < -0.39 is 0 Å². The standard InChI is InChI=1S/C22H25ClN2S/c1-24-21-8-4-3-7-19(21)20(15-25-13-5-2-6-14-25)22(24)16-26-18-11-9-17(23)10-12-18/h3-4,7-12H,2,5-6,13-16H2,1H3. The van der Waals surface area contributed by atoms with E-state index in [1.165, 1.54) is 59.4 Å². The molecule has 2 nitrogen and oxygen atoms in total. The summed E-state index contributed by atoms with van der Waals surface area (Å²) in [5.41, 5.74) is 4.29. The maximum atomic E-state index is 6.02. The molecule has 4 rings (SSSR count). The third-order valence-corrected chi connectivity index (χ3v) is 6.64. The molecule has 0 N–H and O–H groups in total. The first-order valence-electron chi connectivity index (χ1n) is 9.38. The van der Waals surface area contributed by atoms with Crippen molar-refractivity contribution in [3.8, 4) is 0 Å². The smallest absolute Gasteiger partial charge is 0.0483 e. The van der Waals surface area contributed by atoms with Crippen molar-refractivity contribution in [2.75, 3.05) is 13.1 Å². The summed E-state index contributed by atoms with van der Waals surface area (Å²) in [6.45, 7) is 3.53. The lowest BCUT2D eigenvalue weighted by Crippen LogP contribution is -2.29. The molecule has 136 valence electrons. The Balaban J connectivity index is 1.64. The van der Waals surface area contributed by atoms with Crippen molar-refractivity contribution in [3.05, 3.63) is 64.8 Å². The van der Waals surface area contributed by atoms with Crippen LogP contribution >= 0.6 is 23.4 Å². The fraction of sp³-hybridized carbons (Fsp3) is 0.364. The first-order chi connectivity index (χ1) is 12.7. The fourth-order valence-corrected chi connectivity index (χ4v) is 5.03. The average molecular weight is 385 g/mol. The summed E-state index contributed by atoms with van der Waals surface area (Å²) in [7, 11) is 2.21. The van der Waals surface area contributed by atoms with Gasteiger partial charge >= 0.3 is 0 Å². The number of likely N-dealkylation sites (tertiary alicyclic amines) is 1. The van der Waals surface area contributed by atoms with E-state index in [0.29, 0.717) is 0 Å². The molecule has 1 aromatic heterocycles. The summed E-state index contributed by atoms with van der Waals surface area (Å²) in [5, 5.41) is 2.21. The number of nitrogens with zero attached hydrogens (tertiary/aromatic N) is 2. The number of benzene rings is 2. The van der Waals surface area contributed by atoms with Crippen LogP contribution in [0.2, 0.25) is 5.02 Å². The molecule has 1 fully saturated rings. The number of piperidine rings is 1. The molecule has 4 heteroatoms. The lowest BCUT2D eigenvalue weighted by atomic mass is 10.1. The number of aryl methyl sites for hydroxylation is 1. The number of aromatic nitrogens is 1. The van der Waals surface area contributed by atoms with Crippen LogP contribution < -0.4 is 0 Å². The highest BCUT2D eigenvalue weighted by Gasteiger charge is 2.19. The van der Waals surface area contributed by atoms with E-state index in [2.05, 4.69) is 52.9 Å². The lowest BCUT2D eigenvalue weighted by Gasteiger charge is -2.26. The number of fused-ring (bicyclic) bond motifs is 1. The van der Waals surface area contributed by atoms with Gasteiger partial charge < -0.3 is 4.57 Å². The van der Waals surface area contributed by atoms with Gasteiger partial charge in [0.1, 0.15) is 0 Å². The van der Waals surface area contributed by atoms with Crippen LogP contribution in [0.4, 0.5) is 0 Å². The third-order valence-electron chi connectivity index (χ3n) is 5.36. The van der Waals surface area contributed by atoms with Crippen LogP contribution in [0.3, 0.4) is 0 Å². The number of thioether (sulfide) groups is 1. The van der Waals surface area contributed by atoms with E-state index in [1.807, 2.05) is 23.9 Å². The molecule has 0 spiro atoms. The van der Waals surface area contributed by atoms with Crippen LogP contribution in [-0.2, 0) is 19.3 Å². The average Bonchev–Trinajstić information content (AvgIpc) is 2.94. The fourth-order valence-electron chi connectivity index (χ4n) is 3.91. The normalized spacial score (nSPS) is 15.6. The van der Waals surface area contributed by atoms with Crippen molar-refractivity contribution in [1.29, 1.82) is 0 Å². The summed E-state index contributed by atoms with van der Waals surface area (Å²) < 4.78 is 2.39. The second-order valence-corrected chi connectivity index (χ2v) is 8.57. The summed E-state index contributed by atoms with van der Waals surface area (Å²) in [6.07, 6.45) is 4.05. The van der Waals surface area contributed by atoms with Crippen LogP contribution in [0.5, 0.6) is 0 Å². The predicted molar refractivity (Wildman–Crippen MR) is 113 cm³/mol. The molecule has 0 atom stereocenters. The Morgan fingerprint density at radius 3 is 2.46 bits per heavy atom. The summed E-state index contributed by atoms with van der Waals surface area (Å²) in [4.78, 5) is 3.89. The summed E-state index contributed by atoms with van der Waals surface area (Å²) in [6, 6.07) is 17.0. The maximum Gasteiger partial charge on any atom is 0.0483 e. The van der Waals surface area contributed by atoms with Gasteiger partial charge in [-0.15, -0.1) is 11.8 Å². The lowest BCUT2D eigenvalue weighted by molar-refractivity contribution is 0.221. The monoisotopic (exact) mass is 384 g/mol. The molecule has 1 saturated heterocycles. The van der Waals surface area contributed by atoms with Crippen molar-refractivity contribution >= 4 is 34.3 Å². The maximum absolute atomic E-state index is 6.02. The van der Waals surface area contributed by atoms with Gasteiger partial charge in [0.25, 0.3) is 0 Å². The second-order valence-electron chi connectivity index (χ2n) is 7.08. The molecule has 3 aromatic rings. The van der Waals surface area contributed by atoms with E-state index in [4.69, 9.17) is 11.6 Å². The van der Waals surface area contributed by atoms with E-state index in [-0.39, 0.29) is 0 Å².